The summed E-state index contributed by atoms with van der Waals surface area (Å²) >= 11 is 0. The van der Waals surface area contributed by atoms with E-state index in [1.54, 1.807) is 12.1 Å². The Morgan fingerprint density at radius 1 is 1.11 bits per heavy atom. The molecule has 27 heavy (non-hydrogen) atoms. The number of nitrogens with two attached hydrogens (primary N) is 1. The van der Waals surface area contributed by atoms with E-state index in [0.717, 1.165) is 18.5 Å². The third-order valence-corrected chi connectivity index (χ3v) is 4.18. The minimum absolute atomic E-state index is 0.164. The summed E-state index contributed by atoms with van der Waals surface area (Å²) in [6.45, 7) is 3.83. The van der Waals surface area contributed by atoms with Gasteiger partial charge in [0.25, 0.3) is 5.91 Å². The topological polar surface area (TPSA) is 87.5 Å². The van der Waals surface area contributed by atoms with E-state index in [0.29, 0.717) is 30.9 Å². The van der Waals surface area contributed by atoms with Crippen molar-refractivity contribution in [3.05, 3.63) is 65.2 Å². The zero-order valence-corrected chi connectivity index (χ0v) is 16.0. The van der Waals surface area contributed by atoms with Crippen molar-refractivity contribution >= 4 is 17.5 Å². The summed E-state index contributed by atoms with van der Waals surface area (Å²) in [7, 11) is 2.04. The molecular weight excluding hydrogens is 340 g/mol. The van der Waals surface area contributed by atoms with Gasteiger partial charge >= 0.3 is 0 Å². The van der Waals surface area contributed by atoms with Crippen molar-refractivity contribution in [3.8, 4) is 0 Å². The van der Waals surface area contributed by atoms with Crippen molar-refractivity contribution in [2.45, 2.75) is 19.9 Å². The summed E-state index contributed by atoms with van der Waals surface area (Å²) in [5, 5.41) is 5.57. The fourth-order valence-corrected chi connectivity index (χ4v) is 2.78. The Morgan fingerprint density at radius 2 is 1.85 bits per heavy atom. The molecule has 6 nitrogen and oxygen atoms in total. The first kappa shape index (κ1) is 20.6. The number of nitrogens with one attached hydrogen (secondary N) is 2. The fraction of sp³-hybridized carbons (Fsp3) is 0.333. The normalized spacial score (nSPS) is 10.7. The molecule has 0 aromatic heterocycles. The molecule has 0 bridgehead atoms. The lowest BCUT2D eigenvalue weighted by Crippen LogP contribution is -2.29. The summed E-state index contributed by atoms with van der Waals surface area (Å²) in [6.07, 6.45) is 0.951. The van der Waals surface area contributed by atoms with Gasteiger partial charge in [0.05, 0.1) is 0 Å². The van der Waals surface area contributed by atoms with Crippen LogP contribution in [0.5, 0.6) is 0 Å². The van der Waals surface area contributed by atoms with Gasteiger partial charge in [-0.05, 0) is 36.7 Å². The van der Waals surface area contributed by atoms with Crippen LogP contribution in [-0.2, 0) is 17.8 Å². The Labute approximate surface area is 160 Å². The van der Waals surface area contributed by atoms with Crippen molar-refractivity contribution in [1.82, 2.24) is 10.2 Å². The van der Waals surface area contributed by atoms with E-state index in [1.165, 1.54) is 12.5 Å². The number of carbonyl (C=O) groups excluding carboxylic acids is 2. The van der Waals surface area contributed by atoms with Crippen LogP contribution in [0.3, 0.4) is 0 Å². The zero-order valence-electron chi connectivity index (χ0n) is 16.0. The van der Waals surface area contributed by atoms with Gasteiger partial charge in [0.1, 0.15) is 0 Å². The lowest BCUT2D eigenvalue weighted by molar-refractivity contribution is -0.114. The van der Waals surface area contributed by atoms with Gasteiger partial charge in [-0.15, -0.1) is 0 Å². The van der Waals surface area contributed by atoms with Gasteiger partial charge in [-0.1, -0.05) is 36.4 Å². The first-order valence-corrected chi connectivity index (χ1v) is 9.11. The fourth-order valence-electron chi connectivity index (χ4n) is 2.78. The Balaban J connectivity index is 2.07. The molecule has 0 atom stereocenters. The van der Waals surface area contributed by atoms with Crippen LogP contribution in [-0.4, -0.2) is 43.4 Å². The molecule has 2 amide bonds. The van der Waals surface area contributed by atoms with Crippen LogP contribution in [0.1, 0.15) is 28.4 Å². The van der Waals surface area contributed by atoms with Gasteiger partial charge in [0, 0.05) is 44.4 Å². The minimum Gasteiger partial charge on any atom is -0.351 e. The number of carbonyl (C=O) groups is 2. The third-order valence-electron chi connectivity index (χ3n) is 4.18. The molecule has 0 spiro atoms. The number of amides is 2. The maximum absolute atomic E-state index is 12.1. The van der Waals surface area contributed by atoms with E-state index >= 15 is 0 Å². The molecule has 0 radical (unpaired) electrons. The van der Waals surface area contributed by atoms with E-state index in [1.807, 2.05) is 31.3 Å². The third kappa shape index (κ3) is 6.84. The van der Waals surface area contributed by atoms with E-state index in [9.17, 15) is 9.59 Å². The van der Waals surface area contributed by atoms with Gasteiger partial charge in [-0.3, -0.25) is 9.59 Å². The van der Waals surface area contributed by atoms with Crippen molar-refractivity contribution in [3.63, 3.8) is 0 Å². The summed E-state index contributed by atoms with van der Waals surface area (Å²) in [4.78, 5) is 25.9. The lowest BCUT2D eigenvalue weighted by Gasteiger charge is -2.19. The standard InChI is InChI=1S/C21H28N4O2/c1-16(26)24-20-14-18(21(27)23-12-11-22)8-9-19(20)15-25(2)13-10-17-6-4-3-5-7-17/h3-9,14H,10-13,15,22H2,1-2H3,(H,23,27)(H,24,26). The SMILES string of the molecule is CC(=O)Nc1cc(C(=O)NCCN)ccc1CN(C)CCc1ccccc1. The molecule has 0 aliphatic carbocycles. The number of rotatable bonds is 9. The summed E-state index contributed by atoms with van der Waals surface area (Å²) < 4.78 is 0. The van der Waals surface area contributed by atoms with Crippen LogP contribution in [0.15, 0.2) is 48.5 Å². The second-order valence-corrected chi connectivity index (χ2v) is 6.57. The minimum atomic E-state index is -0.198. The van der Waals surface area contributed by atoms with E-state index in [-0.39, 0.29) is 11.8 Å². The van der Waals surface area contributed by atoms with Gasteiger partial charge in [0.15, 0.2) is 0 Å². The van der Waals surface area contributed by atoms with Gasteiger partial charge in [-0.2, -0.15) is 0 Å². The number of hydrogen-bond donors (Lipinski definition) is 3. The highest BCUT2D eigenvalue weighted by molar-refractivity contribution is 5.97. The molecule has 0 saturated carbocycles. The number of likely N-dealkylation sites (N-methyl/N-ethyl adjacent to an activating group) is 1. The first-order valence-electron chi connectivity index (χ1n) is 9.11. The van der Waals surface area contributed by atoms with Gasteiger partial charge in [0.2, 0.25) is 5.91 Å². The van der Waals surface area contributed by atoms with Crippen molar-refractivity contribution < 1.29 is 9.59 Å². The molecule has 0 aliphatic rings. The quantitative estimate of drug-likeness (QED) is 0.632. The Morgan fingerprint density at radius 3 is 2.52 bits per heavy atom. The van der Waals surface area contributed by atoms with E-state index in [4.69, 9.17) is 5.73 Å². The second-order valence-electron chi connectivity index (χ2n) is 6.57. The van der Waals surface area contributed by atoms with E-state index < -0.39 is 0 Å². The molecule has 4 N–H and O–H groups in total. The zero-order chi connectivity index (χ0) is 19.6. The first-order chi connectivity index (χ1) is 13.0. The Hall–Kier alpha value is -2.70. The molecule has 2 aromatic carbocycles. The Bertz CT molecular complexity index is 762. The number of anilines is 1. The molecule has 2 rings (SSSR count). The smallest absolute Gasteiger partial charge is 0.251 e. The van der Waals surface area contributed by atoms with Crippen LogP contribution in [0.25, 0.3) is 0 Å². The lowest BCUT2D eigenvalue weighted by atomic mass is 10.1. The molecule has 0 aliphatic heterocycles. The van der Waals surface area contributed by atoms with Gasteiger partial charge < -0.3 is 21.3 Å². The van der Waals surface area contributed by atoms with Gasteiger partial charge in [-0.25, -0.2) is 0 Å². The molecule has 0 heterocycles. The molecule has 0 saturated heterocycles. The van der Waals surface area contributed by atoms with Crippen molar-refractivity contribution in [1.29, 1.82) is 0 Å². The molecule has 144 valence electrons. The van der Waals surface area contributed by atoms with Crippen molar-refractivity contribution in [2.24, 2.45) is 5.73 Å². The Kier molecular flexibility index (Phi) is 7.98. The summed E-state index contributed by atoms with van der Waals surface area (Å²) in [5.74, 6) is -0.362. The van der Waals surface area contributed by atoms with Crippen LogP contribution < -0.4 is 16.4 Å². The molecule has 6 heteroatoms. The van der Waals surface area contributed by atoms with Crippen LogP contribution in [0.2, 0.25) is 0 Å². The molecule has 2 aromatic rings. The highest BCUT2D eigenvalue weighted by Gasteiger charge is 2.12. The highest BCUT2D eigenvalue weighted by Crippen LogP contribution is 2.20. The monoisotopic (exact) mass is 368 g/mol. The maximum Gasteiger partial charge on any atom is 0.251 e. The highest BCUT2D eigenvalue weighted by atomic mass is 16.2. The predicted molar refractivity (Wildman–Crippen MR) is 109 cm³/mol. The van der Waals surface area contributed by atoms with Crippen LogP contribution >= 0.6 is 0 Å². The second kappa shape index (κ2) is 10.4. The maximum atomic E-state index is 12.1. The predicted octanol–water partition coefficient (Wildman–Crippen LogP) is 2.01. The molecule has 0 unspecified atom stereocenters. The number of nitrogens with zero attached hydrogens (tertiary/aromatic N) is 1. The largest absolute Gasteiger partial charge is 0.351 e. The molecule has 0 fully saturated rings. The number of benzene rings is 2. The van der Waals surface area contributed by atoms with Crippen LogP contribution in [0, 0.1) is 0 Å². The average Bonchev–Trinajstić information content (AvgIpc) is 2.66. The summed E-state index contributed by atoms with van der Waals surface area (Å²) in [5.41, 5.74) is 8.85. The molecular formula is C21H28N4O2. The van der Waals surface area contributed by atoms with Crippen molar-refractivity contribution in [2.75, 3.05) is 32.0 Å². The summed E-state index contributed by atoms with van der Waals surface area (Å²) in [6, 6.07) is 15.7. The van der Waals surface area contributed by atoms with Crippen LogP contribution in [0.4, 0.5) is 5.69 Å². The average molecular weight is 368 g/mol. The van der Waals surface area contributed by atoms with E-state index in [2.05, 4.69) is 27.7 Å². The number of hydrogen-bond acceptors (Lipinski definition) is 4.